The van der Waals surface area contributed by atoms with Crippen LogP contribution in [0.4, 0.5) is 0 Å². The van der Waals surface area contributed by atoms with E-state index in [0.29, 0.717) is 12.2 Å². The predicted molar refractivity (Wildman–Crippen MR) is 113 cm³/mol. The van der Waals surface area contributed by atoms with Gasteiger partial charge in [-0.05, 0) is 48.9 Å². The second-order valence-electron chi connectivity index (χ2n) is 6.20. The first-order chi connectivity index (χ1) is 12.7. The quantitative estimate of drug-likeness (QED) is 0.590. The van der Waals surface area contributed by atoms with Gasteiger partial charge < -0.3 is 5.32 Å². The molecule has 5 nitrogen and oxygen atoms in total. The van der Waals surface area contributed by atoms with Gasteiger partial charge in [0.25, 0.3) is 0 Å². The molecule has 27 heavy (non-hydrogen) atoms. The van der Waals surface area contributed by atoms with Crippen LogP contribution in [-0.2, 0) is 14.8 Å². The first kappa shape index (κ1) is 21.9. The van der Waals surface area contributed by atoms with Gasteiger partial charge in [0.05, 0.1) is 10.9 Å². The van der Waals surface area contributed by atoms with Crippen molar-refractivity contribution >= 4 is 43.6 Å². The zero-order valence-corrected chi connectivity index (χ0v) is 18.7. The summed E-state index contributed by atoms with van der Waals surface area (Å²) in [6.07, 6.45) is 0.415. The Morgan fingerprint density at radius 3 is 2.26 bits per heavy atom. The van der Waals surface area contributed by atoms with E-state index in [1.54, 1.807) is 36.0 Å². The fraction of sp³-hybridized carbons (Fsp3) is 0.316. The van der Waals surface area contributed by atoms with Crippen molar-refractivity contribution < 1.29 is 13.2 Å². The molecule has 8 heteroatoms. The van der Waals surface area contributed by atoms with Crippen molar-refractivity contribution in [3.63, 3.8) is 0 Å². The van der Waals surface area contributed by atoms with Crippen LogP contribution in [0.5, 0.6) is 0 Å². The second kappa shape index (κ2) is 9.73. The fourth-order valence-corrected chi connectivity index (χ4v) is 4.35. The summed E-state index contributed by atoms with van der Waals surface area (Å²) in [6.45, 7) is 1.88. The lowest BCUT2D eigenvalue weighted by atomic mass is 10.1. The van der Waals surface area contributed by atoms with Crippen LogP contribution >= 0.6 is 27.7 Å². The lowest BCUT2D eigenvalue weighted by Crippen LogP contribution is -2.27. The normalized spacial score (nSPS) is 12.8. The van der Waals surface area contributed by atoms with E-state index in [2.05, 4.69) is 21.2 Å². The molecule has 0 bridgehead atoms. The fourth-order valence-electron chi connectivity index (χ4n) is 2.33. The summed E-state index contributed by atoms with van der Waals surface area (Å²) < 4.78 is 26.4. The molecule has 0 heterocycles. The van der Waals surface area contributed by atoms with Crippen LogP contribution in [0.25, 0.3) is 0 Å². The summed E-state index contributed by atoms with van der Waals surface area (Å²) >= 11 is 5.03. The van der Waals surface area contributed by atoms with Crippen molar-refractivity contribution in [2.45, 2.75) is 29.2 Å². The highest BCUT2D eigenvalue weighted by Gasteiger charge is 2.17. The number of nitrogens with zero attached hydrogens (tertiary/aromatic N) is 1. The summed E-state index contributed by atoms with van der Waals surface area (Å²) in [6, 6.07) is 14.4. The maximum atomic E-state index is 12.2. The van der Waals surface area contributed by atoms with E-state index in [9.17, 15) is 13.2 Å². The molecule has 0 saturated carbocycles. The van der Waals surface area contributed by atoms with Crippen LogP contribution < -0.4 is 5.32 Å². The van der Waals surface area contributed by atoms with Crippen molar-refractivity contribution in [1.82, 2.24) is 9.62 Å². The molecule has 0 radical (unpaired) electrons. The number of hydrogen-bond acceptors (Lipinski definition) is 4. The highest BCUT2D eigenvalue weighted by Crippen LogP contribution is 2.22. The monoisotopic (exact) mass is 470 g/mol. The number of rotatable bonds is 8. The number of hydrogen-bond donors (Lipinski definition) is 1. The van der Waals surface area contributed by atoms with Crippen LogP contribution in [0.2, 0.25) is 0 Å². The van der Waals surface area contributed by atoms with Crippen LogP contribution in [0.1, 0.15) is 24.9 Å². The Morgan fingerprint density at radius 2 is 1.70 bits per heavy atom. The van der Waals surface area contributed by atoms with Gasteiger partial charge in [0, 0.05) is 35.6 Å². The Kier molecular flexibility index (Phi) is 7.91. The number of benzene rings is 2. The lowest BCUT2D eigenvalue weighted by molar-refractivity contribution is -0.121. The first-order valence-electron chi connectivity index (χ1n) is 8.40. The standard InChI is InChI=1S/C19H23BrN2O3S2/c1-14(15-4-10-18(11-5-15)27(24,25)22(2)3)21-19(23)12-13-26-17-8-6-16(20)7-9-17/h4-11,14H,12-13H2,1-3H3,(H,21,23). The van der Waals surface area contributed by atoms with Crippen LogP contribution in [0.15, 0.2) is 62.8 Å². The molecule has 0 aromatic heterocycles. The van der Waals surface area contributed by atoms with E-state index >= 15 is 0 Å². The molecular weight excluding hydrogens is 448 g/mol. The summed E-state index contributed by atoms with van der Waals surface area (Å²) in [5.74, 6) is 0.664. The molecule has 1 amide bonds. The maximum absolute atomic E-state index is 12.2. The molecule has 1 unspecified atom stereocenters. The third kappa shape index (κ3) is 6.34. The molecule has 0 saturated heterocycles. The van der Waals surface area contributed by atoms with Crippen LogP contribution in [0, 0.1) is 0 Å². The first-order valence-corrected chi connectivity index (χ1v) is 11.6. The van der Waals surface area contributed by atoms with E-state index in [4.69, 9.17) is 0 Å². The zero-order chi connectivity index (χ0) is 20.0. The summed E-state index contributed by atoms with van der Waals surface area (Å²) in [4.78, 5) is 13.5. The molecule has 0 aliphatic heterocycles. The summed E-state index contributed by atoms with van der Waals surface area (Å²) in [5, 5.41) is 2.95. The third-order valence-electron chi connectivity index (χ3n) is 3.95. The number of thioether (sulfide) groups is 1. The van der Waals surface area contributed by atoms with E-state index in [0.717, 1.165) is 14.9 Å². The van der Waals surface area contributed by atoms with Gasteiger partial charge in [-0.1, -0.05) is 28.1 Å². The number of halogens is 1. The van der Waals surface area contributed by atoms with E-state index in [-0.39, 0.29) is 16.8 Å². The van der Waals surface area contributed by atoms with E-state index < -0.39 is 10.0 Å². The average Bonchev–Trinajstić information content (AvgIpc) is 2.63. The highest BCUT2D eigenvalue weighted by molar-refractivity contribution is 9.10. The van der Waals surface area contributed by atoms with Gasteiger partial charge in [-0.2, -0.15) is 0 Å². The van der Waals surface area contributed by atoms with Crippen molar-refractivity contribution in [3.8, 4) is 0 Å². The van der Waals surface area contributed by atoms with Crippen LogP contribution in [0.3, 0.4) is 0 Å². The van der Waals surface area contributed by atoms with E-state index in [1.165, 1.54) is 18.4 Å². The average molecular weight is 471 g/mol. The predicted octanol–water partition coefficient (Wildman–Crippen LogP) is 4.06. The van der Waals surface area contributed by atoms with Gasteiger partial charge in [0.15, 0.2) is 0 Å². The van der Waals surface area contributed by atoms with Crippen LogP contribution in [-0.4, -0.2) is 38.5 Å². The van der Waals surface area contributed by atoms with Crippen molar-refractivity contribution in [2.75, 3.05) is 19.8 Å². The number of nitrogens with one attached hydrogen (secondary N) is 1. The number of carbonyl (C=O) groups is 1. The third-order valence-corrected chi connectivity index (χ3v) is 7.32. The summed E-state index contributed by atoms with van der Waals surface area (Å²) in [5.41, 5.74) is 0.863. The largest absolute Gasteiger partial charge is 0.350 e. The molecule has 2 aromatic carbocycles. The van der Waals surface area contributed by atoms with Crippen molar-refractivity contribution in [1.29, 1.82) is 0 Å². The lowest BCUT2D eigenvalue weighted by Gasteiger charge is -2.16. The minimum absolute atomic E-state index is 0.0305. The molecule has 2 rings (SSSR count). The SMILES string of the molecule is CC(NC(=O)CCSc1ccc(Br)cc1)c1ccc(S(=O)(=O)N(C)C)cc1. The molecule has 2 aromatic rings. The van der Waals surface area contributed by atoms with Gasteiger partial charge in [0.1, 0.15) is 0 Å². The summed E-state index contributed by atoms with van der Waals surface area (Å²) in [7, 11) is -0.446. The Bertz CT molecular complexity index is 867. The topological polar surface area (TPSA) is 66.5 Å². The maximum Gasteiger partial charge on any atom is 0.242 e. The number of sulfonamides is 1. The molecule has 0 aliphatic carbocycles. The van der Waals surface area contributed by atoms with Gasteiger partial charge in [-0.25, -0.2) is 12.7 Å². The van der Waals surface area contributed by atoms with Gasteiger partial charge >= 0.3 is 0 Å². The number of amides is 1. The Balaban J connectivity index is 1.86. The van der Waals surface area contributed by atoms with Crippen molar-refractivity contribution in [3.05, 3.63) is 58.6 Å². The molecule has 0 spiro atoms. The minimum atomic E-state index is -3.44. The van der Waals surface area contributed by atoms with Crippen molar-refractivity contribution in [2.24, 2.45) is 0 Å². The molecule has 0 fully saturated rings. The Labute approximate surface area is 173 Å². The molecule has 1 atom stereocenters. The second-order valence-corrected chi connectivity index (χ2v) is 10.4. The minimum Gasteiger partial charge on any atom is -0.350 e. The molecular formula is C19H23BrN2O3S2. The molecule has 0 aliphatic rings. The Morgan fingerprint density at radius 1 is 1.11 bits per heavy atom. The van der Waals surface area contributed by atoms with Gasteiger partial charge in [-0.15, -0.1) is 11.8 Å². The van der Waals surface area contributed by atoms with E-state index in [1.807, 2.05) is 31.2 Å². The van der Waals surface area contributed by atoms with Gasteiger partial charge in [0.2, 0.25) is 15.9 Å². The zero-order valence-electron chi connectivity index (χ0n) is 15.5. The molecule has 1 N–H and O–H groups in total. The molecule has 146 valence electrons. The smallest absolute Gasteiger partial charge is 0.242 e. The Hall–Kier alpha value is -1.35. The highest BCUT2D eigenvalue weighted by atomic mass is 79.9. The van der Waals surface area contributed by atoms with Gasteiger partial charge in [-0.3, -0.25) is 4.79 Å². The number of carbonyl (C=O) groups excluding carboxylic acids is 1.